The topological polar surface area (TPSA) is 77.5 Å². The molecule has 0 rings (SSSR count). The van der Waals surface area contributed by atoms with E-state index in [4.69, 9.17) is 25.2 Å². The molecule has 0 amide bonds. The monoisotopic (exact) mass is 202 g/mol. The molecule has 82 valence electrons. The minimum atomic E-state index is -0.426. The van der Waals surface area contributed by atoms with E-state index in [0.29, 0.717) is 39.5 Å². The Balaban J connectivity index is 2.96. The molecule has 0 aromatic carbocycles. The Morgan fingerprint density at radius 2 is 1.71 bits per heavy atom. The van der Waals surface area contributed by atoms with Crippen molar-refractivity contribution in [2.75, 3.05) is 40.1 Å². The third-order valence-electron chi connectivity index (χ3n) is 1.54. The normalized spacial score (nSPS) is 12.4. The molecule has 5 heteroatoms. The van der Waals surface area contributed by atoms with Crippen molar-refractivity contribution in [3.8, 4) is 6.07 Å². The highest BCUT2D eigenvalue weighted by Gasteiger charge is 1.98. The Kier molecular flexibility index (Phi) is 9.91. The number of ether oxygens (including phenoxy) is 3. The van der Waals surface area contributed by atoms with Crippen LogP contribution in [0.2, 0.25) is 0 Å². The maximum absolute atomic E-state index is 8.37. The summed E-state index contributed by atoms with van der Waals surface area (Å²) in [5.74, 6) is 0. The Morgan fingerprint density at radius 1 is 1.14 bits per heavy atom. The summed E-state index contributed by atoms with van der Waals surface area (Å²) in [6.45, 7) is 2.76. The molecule has 0 saturated carbocycles. The smallest absolute Gasteiger partial charge is 0.0950 e. The van der Waals surface area contributed by atoms with Gasteiger partial charge in [-0.3, -0.25) is 0 Å². The standard InChI is InChI=1S/C9H18N2O3/c1-12-4-5-14-7-6-13-3-2-9(11)8-10/h9H,2-7,11H2,1H3. The van der Waals surface area contributed by atoms with E-state index >= 15 is 0 Å². The van der Waals surface area contributed by atoms with Crippen LogP contribution in [0.25, 0.3) is 0 Å². The van der Waals surface area contributed by atoms with E-state index in [1.807, 2.05) is 6.07 Å². The molecule has 0 aromatic heterocycles. The molecule has 0 aliphatic rings. The second kappa shape index (κ2) is 10.4. The lowest BCUT2D eigenvalue weighted by atomic mass is 10.3. The van der Waals surface area contributed by atoms with Crippen LogP contribution in [0.4, 0.5) is 0 Å². The average molecular weight is 202 g/mol. The van der Waals surface area contributed by atoms with Gasteiger partial charge in [0, 0.05) is 13.7 Å². The van der Waals surface area contributed by atoms with Crippen LogP contribution in [0.1, 0.15) is 6.42 Å². The number of methoxy groups -OCH3 is 1. The van der Waals surface area contributed by atoms with Crippen LogP contribution in [-0.4, -0.2) is 46.2 Å². The quantitative estimate of drug-likeness (QED) is 0.528. The molecule has 0 saturated heterocycles. The lowest BCUT2D eigenvalue weighted by Crippen LogP contribution is -2.20. The Morgan fingerprint density at radius 3 is 2.29 bits per heavy atom. The molecule has 1 atom stereocenters. The maximum Gasteiger partial charge on any atom is 0.0950 e. The zero-order valence-electron chi connectivity index (χ0n) is 8.57. The molecule has 0 radical (unpaired) electrons. The van der Waals surface area contributed by atoms with Gasteiger partial charge in [-0.15, -0.1) is 0 Å². The summed E-state index contributed by atoms with van der Waals surface area (Å²) in [5.41, 5.74) is 5.36. The highest BCUT2D eigenvalue weighted by Crippen LogP contribution is 1.87. The SMILES string of the molecule is COCCOCCOCCC(N)C#N. The van der Waals surface area contributed by atoms with Gasteiger partial charge in [-0.25, -0.2) is 0 Å². The van der Waals surface area contributed by atoms with E-state index in [1.54, 1.807) is 7.11 Å². The molecule has 0 aliphatic heterocycles. The van der Waals surface area contributed by atoms with E-state index in [2.05, 4.69) is 0 Å². The van der Waals surface area contributed by atoms with Gasteiger partial charge in [-0.1, -0.05) is 0 Å². The zero-order valence-corrected chi connectivity index (χ0v) is 8.57. The Hall–Kier alpha value is -0.670. The molecular weight excluding hydrogens is 184 g/mol. The molecule has 1 unspecified atom stereocenters. The molecular formula is C9H18N2O3. The molecule has 0 aliphatic carbocycles. The molecule has 2 N–H and O–H groups in total. The molecule has 0 heterocycles. The van der Waals surface area contributed by atoms with Crippen molar-refractivity contribution in [3.63, 3.8) is 0 Å². The maximum atomic E-state index is 8.37. The highest BCUT2D eigenvalue weighted by molar-refractivity contribution is 4.85. The third kappa shape index (κ3) is 9.42. The lowest BCUT2D eigenvalue weighted by Gasteiger charge is -2.05. The first-order valence-electron chi connectivity index (χ1n) is 4.61. The first-order chi connectivity index (χ1) is 6.81. The molecule has 0 bridgehead atoms. The van der Waals surface area contributed by atoms with Crippen LogP contribution >= 0.6 is 0 Å². The summed E-state index contributed by atoms with van der Waals surface area (Å²) >= 11 is 0. The van der Waals surface area contributed by atoms with Gasteiger partial charge in [-0.05, 0) is 6.42 Å². The lowest BCUT2D eigenvalue weighted by molar-refractivity contribution is 0.0240. The molecule has 14 heavy (non-hydrogen) atoms. The van der Waals surface area contributed by atoms with Crippen molar-refractivity contribution in [1.29, 1.82) is 5.26 Å². The Bertz CT molecular complexity index is 159. The van der Waals surface area contributed by atoms with E-state index in [0.717, 1.165) is 0 Å². The summed E-state index contributed by atoms with van der Waals surface area (Å²) in [4.78, 5) is 0. The first-order valence-corrected chi connectivity index (χ1v) is 4.61. The van der Waals surface area contributed by atoms with Crippen LogP contribution in [0.5, 0.6) is 0 Å². The van der Waals surface area contributed by atoms with Crippen molar-refractivity contribution in [2.45, 2.75) is 12.5 Å². The second-order valence-corrected chi connectivity index (χ2v) is 2.74. The largest absolute Gasteiger partial charge is 0.382 e. The summed E-state index contributed by atoms with van der Waals surface area (Å²) in [5, 5.41) is 8.37. The molecule has 0 spiro atoms. The number of rotatable bonds is 9. The van der Waals surface area contributed by atoms with Gasteiger partial charge in [0.05, 0.1) is 38.5 Å². The Labute approximate surface area is 84.7 Å². The predicted molar refractivity (Wildman–Crippen MR) is 51.7 cm³/mol. The van der Waals surface area contributed by atoms with Gasteiger partial charge in [-0.2, -0.15) is 5.26 Å². The van der Waals surface area contributed by atoms with Gasteiger partial charge in [0.1, 0.15) is 0 Å². The average Bonchev–Trinajstić information content (AvgIpc) is 2.21. The van der Waals surface area contributed by atoms with Crippen molar-refractivity contribution in [3.05, 3.63) is 0 Å². The van der Waals surface area contributed by atoms with Crippen LogP contribution in [0, 0.1) is 11.3 Å². The highest BCUT2D eigenvalue weighted by atomic mass is 16.5. The number of nitriles is 1. The first kappa shape index (κ1) is 13.3. The zero-order chi connectivity index (χ0) is 10.6. The van der Waals surface area contributed by atoms with E-state index in [-0.39, 0.29) is 0 Å². The van der Waals surface area contributed by atoms with Crippen LogP contribution in [0.15, 0.2) is 0 Å². The minimum Gasteiger partial charge on any atom is -0.382 e. The summed E-state index contributed by atoms with van der Waals surface area (Å²) in [6.07, 6.45) is 0.564. The van der Waals surface area contributed by atoms with Crippen LogP contribution in [0.3, 0.4) is 0 Å². The van der Waals surface area contributed by atoms with Gasteiger partial charge >= 0.3 is 0 Å². The summed E-state index contributed by atoms with van der Waals surface area (Å²) in [7, 11) is 1.63. The molecule has 5 nitrogen and oxygen atoms in total. The van der Waals surface area contributed by atoms with Crippen molar-refractivity contribution in [2.24, 2.45) is 5.73 Å². The van der Waals surface area contributed by atoms with Crippen LogP contribution in [-0.2, 0) is 14.2 Å². The summed E-state index contributed by atoms with van der Waals surface area (Å²) < 4.78 is 15.1. The van der Waals surface area contributed by atoms with E-state index in [9.17, 15) is 0 Å². The van der Waals surface area contributed by atoms with E-state index < -0.39 is 6.04 Å². The number of hydrogen-bond acceptors (Lipinski definition) is 5. The van der Waals surface area contributed by atoms with Gasteiger partial charge < -0.3 is 19.9 Å². The number of nitrogens with two attached hydrogens (primary N) is 1. The molecule has 0 aromatic rings. The van der Waals surface area contributed by atoms with Crippen molar-refractivity contribution < 1.29 is 14.2 Å². The van der Waals surface area contributed by atoms with Gasteiger partial charge in [0.2, 0.25) is 0 Å². The fourth-order valence-corrected chi connectivity index (χ4v) is 0.739. The fourth-order valence-electron chi connectivity index (χ4n) is 0.739. The minimum absolute atomic E-state index is 0.426. The predicted octanol–water partition coefficient (Wildman–Crippen LogP) is -0.0930. The van der Waals surface area contributed by atoms with E-state index in [1.165, 1.54) is 0 Å². The van der Waals surface area contributed by atoms with Crippen molar-refractivity contribution in [1.82, 2.24) is 0 Å². The van der Waals surface area contributed by atoms with Crippen molar-refractivity contribution >= 4 is 0 Å². The molecule has 0 fully saturated rings. The fraction of sp³-hybridized carbons (Fsp3) is 0.889. The third-order valence-corrected chi connectivity index (χ3v) is 1.54. The number of nitrogens with zero attached hydrogens (tertiary/aromatic N) is 1. The number of hydrogen-bond donors (Lipinski definition) is 1. The van der Waals surface area contributed by atoms with Gasteiger partial charge in [0.15, 0.2) is 0 Å². The summed E-state index contributed by atoms with van der Waals surface area (Å²) in [6, 6.07) is 1.51. The second-order valence-electron chi connectivity index (χ2n) is 2.74. The van der Waals surface area contributed by atoms with Crippen LogP contribution < -0.4 is 5.73 Å². The van der Waals surface area contributed by atoms with Gasteiger partial charge in [0.25, 0.3) is 0 Å².